The van der Waals surface area contributed by atoms with Crippen molar-refractivity contribution in [1.82, 2.24) is 10.4 Å². The first-order valence-electron chi connectivity index (χ1n) is 14.3. The van der Waals surface area contributed by atoms with Gasteiger partial charge in [0.15, 0.2) is 11.6 Å². The molecule has 0 saturated heterocycles. The van der Waals surface area contributed by atoms with Crippen molar-refractivity contribution in [2.75, 3.05) is 38.6 Å². The number of ether oxygens (including phenoxy) is 2. The van der Waals surface area contributed by atoms with E-state index in [1.807, 2.05) is 12.1 Å². The minimum atomic E-state index is -4.22. The zero-order valence-corrected chi connectivity index (χ0v) is 25.5. The van der Waals surface area contributed by atoms with Crippen LogP contribution in [0.15, 0.2) is 109 Å². The van der Waals surface area contributed by atoms with Gasteiger partial charge in [-0.2, -0.15) is 8.42 Å². The van der Waals surface area contributed by atoms with E-state index in [1.165, 1.54) is 53.5 Å². The van der Waals surface area contributed by atoms with Crippen molar-refractivity contribution in [1.29, 1.82) is 0 Å². The molecule has 4 aromatic carbocycles. The molecular formula is C34H32N2O9S. The molecule has 11 nitrogen and oxygen atoms in total. The van der Waals surface area contributed by atoms with Gasteiger partial charge < -0.3 is 9.47 Å². The molecule has 2 N–H and O–H groups in total. The van der Waals surface area contributed by atoms with E-state index in [0.717, 1.165) is 0 Å². The highest BCUT2D eigenvalue weighted by Crippen LogP contribution is 2.13. The topological polar surface area (TPSA) is 156 Å². The molecule has 46 heavy (non-hydrogen) atoms. The molecule has 0 atom stereocenters. The Kier molecular flexibility index (Phi) is 12.0. The van der Waals surface area contributed by atoms with E-state index < -0.39 is 27.8 Å². The molecule has 0 aliphatic carbocycles. The first kappa shape index (κ1) is 33.9. The van der Waals surface area contributed by atoms with Crippen LogP contribution in [-0.2, 0) is 19.6 Å². The number of nitrogens with zero attached hydrogens (tertiary/aromatic N) is 1. The van der Waals surface area contributed by atoms with Gasteiger partial charge in [-0.05, 0) is 24.3 Å². The largest absolute Gasteiger partial charge is 0.461 e. The summed E-state index contributed by atoms with van der Waals surface area (Å²) < 4.78 is 42.0. The number of benzene rings is 4. The Labute approximate surface area is 266 Å². The van der Waals surface area contributed by atoms with Crippen molar-refractivity contribution >= 4 is 33.6 Å². The molecule has 0 heterocycles. The molecule has 4 aromatic rings. The van der Waals surface area contributed by atoms with Crippen molar-refractivity contribution in [3.05, 3.63) is 143 Å². The second-order valence-electron chi connectivity index (χ2n) is 10.00. The Morgan fingerprint density at radius 3 is 1.28 bits per heavy atom. The number of ketones is 2. The maximum Gasteiger partial charge on any atom is 0.338 e. The predicted molar refractivity (Wildman–Crippen MR) is 169 cm³/mol. The summed E-state index contributed by atoms with van der Waals surface area (Å²) in [6.45, 7) is -0.166. The van der Waals surface area contributed by atoms with Crippen LogP contribution in [0.4, 0.5) is 0 Å². The molecule has 0 bridgehead atoms. The molecule has 0 saturated carbocycles. The van der Waals surface area contributed by atoms with Crippen LogP contribution < -0.4 is 5.43 Å². The van der Waals surface area contributed by atoms with Gasteiger partial charge in [0.05, 0.1) is 16.9 Å². The molecule has 0 fully saturated rings. The van der Waals surface area contributed by atoms with Crippen molar-refractivity contribution < 1.29 is 41.6 Å². The van der Waals surface area contributed by atoms with E-state index in [0.29, 0.717) is 22.3 Å². The molecule has 12 heteroatoms. The highest BCUT2D eigenvalue weighted by molar-refractivity contribution is 7.85. The molecular weight excluding hydrogens is 612 g/mol. The van der Waals surface area contributed by atoms with E-state index in [2.05, 4.69) is 5.43 Å². The van der Waals surface area contributed by atoms with Crippen LogP contribution in [0.1, 0.15) is 52.6 Å². The smallest absolute Gasteiger partial charge is 0.338 e. The van der Waals surface area contributed by atoms with E-state index in [-0.39, 0.29) is 55.5 Å². The standard InChI is InChI=1S/C34H32N2O9S/c37-31(25-7-3-1-4-8-25)27-11-15-29(16-12-27)33(39)44-22-20-36(35-19-24-46(41,42)43)21-23-45-34(40)30-17-13-28(14-18-30)32(38)26-9-5-2-6-10-26/h1-18,35H,19-24H2,(H,41,42,43). The lowest BCUT2D eigenvalue weighted by Crippen LogP contribution is -2.44. The fourth-order valence-electron chi connectivity index (χ4n) is 4.29. The molecule has 0 amide bonds. The van der Waals surface area contributed by atoms with Gasteiger partial charge in [-0.1, -0.05) is 84.9 Å². The number of rotatable bonds is 16. The number of hydrogen-bond acceptors (Lipinski definition) is 10. The van der Waals surface area contributed by atoms with Crippen molar-refractivity contribution in [2.45, 2.75) is 0 Å². The Morgan fingerprint density at radius 2 is 0.913 bits per heavy atom. The Balaban J connectivity index is 1.27. The van der Waals surface area contributed by atoms with Crippen molar-refractivity contribution in [3.63, 3.8) is 0 Å². The Morgan fingerprint density at radius 1 is 0.565 bits per heavy atom. The van der Waals surface area contributed by atoms with E-state index in [4.69, 9.17) is 14.0 Å². The van der Waals surface area contributed by atoms with Crippen LogP contribution in [-0.4, -0.2) is 80.1 Å². The third-order valence-corrected chi connectivity index (χ3v) is 7.44. The lowest BCUT2D eigenvalue weighted by Gasteiger charge is -2.23. The number of hydrogen-bond donors (Lipinski definition) is 2. The summed E-state index contributed by atoms with van der Waals surface area (Å²) in [7, 11) is -4.22. The minimum Gasteiger partial charge on any atom is -0.461 e. The number of nitrogens with one attached hydrogen (secondary N) is 1. The number of carbonyl (C=O) groups excluding carboxylic acids is 4. The van der Waals surface area contributed by atoms with Crippen LogP contribution in [0.2, 0.25) is 0 Å². The van der Waals surface area contributed by atoms with E-state index in [9.17, 15) is 27.6 Å². The monoisotopic (exact) mass is 644 g/mol. The molecule has 0 aliphatic rings. The lowest BCUT2D eigenvalue weighted by molar-refractivity contribution is 0.0335. The Hall–Kier alpha value is -5.01. The van der Waals surface area contributed by atoms with Gasteiger partial charge in [-0.3, -0.25) is 19.6 Å². The molecule has 0 aliphatic heterocycles. The van der Waals surface area contributed by atoms with Crippen LogP contribution >= 0.6 is 0 Å². The minimum absolute atomic E-state index is 0.0929. The summed E-state index contributed by atoms with van der Waals surface area (Å²) in [4.78, 5) is 50.3. The molecule has 0 radical (unpaired) electrons. The predicted octanol–water partition coefficient (Wildman–Crippen LogP) is 3.86. The highest BCUT2D eigenvalue weighted by atomic mass is 32.2. The molecule has 0 spiro atoms. The van der Waals surface area contributed by atoms with Gasteiger partial charge in [-0.25, -0.2) is 14.6 Å². The summed E-state index contributed by atoms with van der Waals surface area (Å²) in [5.74, 6) is -2.18. The van der Waals surface area contributed by atoms with Gasteiger partial charge >= 0.3 is 11.9 Å². The average Bonchev–Trinajstić information content (AvgIpc) is 3.07. The van der Waals surface area contributed by atoms with Crippen LogP contribution in [0, 0.1) is 0 Å². The highest BCUT2D eigenvalue weighted by Gasteiger charge is 2.15. The van der Waals surface area contributed by atoms with Gasteiger partial charge in [-0.15, -0.1) is 0 Å². The molecule has 0 aromatic heterocycles. The molecule has 0 unspecified atom stereocenters. The third kappa shape index (κ3) is 10.3. The second-order valence-corrected chi connectivity index (χ2v) is 11.6. The van der Waals surface area contributed by atoms with E-state index in [1.54, 1.807) is 48.5 Å². The van der Waals surface area contributed by atoms with Gasteiger partial charge in [0.1, 0.15) is 13.2 Å². The first-order valence-corrected chi connectivity index (χ1v) is 15.9. The van der Waals surface area contributed by atoms with Crippen LogP contribution in [0.5, 0.6) is 0 Å². The second kappa shape index (κ2) is 16.3. The average molecular weight is 645 g/mol. The summed E-state index contributed by atoms with van der Waals surface area (Å²) in [5.41, 5.74) is 5.18. The lowest BCUT2D eigenvalue weighted by atomic mass is 10.0. The van der Waals surface area contributed by atoms with Crippen molar-refractivity contribution in [3.8, 4) is 0 Å². The number of hydrazine groups is 1. The van der Waals surface area contributed by atoms with Gasteiger partial charge in [0.25, 0.3) is 10.1 Å². The quantitative estimate of drug-likeness (QED) is 0.0790. The normalized spacial score (nSPS) is 11.2. The number of carbonyl (C=O) groups is 4. The molecule has 4 rings (SSSR count). The summed E-state index contributed by atoms with van der Waals surface area (Å²) in [6, 6.07) is 29.6. The maximum atomic E-state index is 12.6. The summed E-state index contributed by atoms with van der Waals surface area (Å²) in [5, 5.41) is 1.50. The van der Waals surface area contributed by atoms with E-state index >= 15 is 0 Å². The first-order chi connectivity index (χ1) is 22.1. The zero-order chi connectivity index (χ0) is 32.9. The van der Waals surface area contributed by atoms with Gasteiger partial charge in [0.2, 0.25) is 0 Å². The summed E-state index contributed by atoms with van der Waals surface area (Å²) in [6.07, 6.45) is 0. The zero-order valence-electron chi connectivity index (χ0n) is 24.7. The van der Waals surface area contributed by atoms with Crippen LogP contribution in [0.25, 0.3) is 0 Å². The summed E-state index contributed by atoms with van der Waals surface area (Å²) >= 11 is 0. The van der Waals surface area contributed by atoms with Gasteiger partial charge in [0, 0.05) is 41.9 Å². The third-order valence-electron chi connectivity index (χ3n) is 6.72. The molecule has 238 valence electrons. The maximum absolute atomic E-state index is 12.6. The van der Waals surface area contributed by atoms with Crippen molar-refractivity contribution in [2.24, 2.45) is 0 Å². The van der Waals surface area contributed by atoms with Crippen LogP contribution in [0.3, 0.4) is 0 Å². The fraction of sp³-hybridized carbons (Fsp3) is 0.176. The Bertz CT molecular complexity index is 1630. The SMILES string of the molecule is O=C(OCCN(CCOC(=O)c1ccc(C(=O)c2ccccc2)cc1)NCCS(=O)(=O)O)c1ccc(C(=O)c2ccccc2)cc1. The number of esters is 2. The fourth-order valence-corrected chi connectivity index (χ4v) is 4.64.